The second-order valence-electron chi connectivity index (χ2n) is 44.4. The number of carbonyl (C=O) groups excluding carboxylic acids is 1. The minimum absolute atomic E-state index is 0.0114. The summed E-state index contributed by atoms with van der Waals surface area (Å²) >= 11 is 0. The number of carbonyl (C=O) groups is 1. The zero-order chi connectivity index (χ0) is 93.0. The van der Waals surface area contributed by atoms with E-state index < -0.39 is 5.41 Å². The van der Waals surface area contributed by atoms with Gasteiger partial charge in [-0.1, -0.05) is 600 Å². The fourth-order valence-corrected chi connectivity index (χ4v) is 28.3. The first-order valence-electron chi connectivity index (χ1n) is 60.9. The SMILES string of the molecule is CCCCCCC(CCCCC(CCCCCC)(C(=O)OCC)C(CCCCCC)(CCCCCC)C(CCCCCC)(CCCCCC)C(CCCCCC)(CCCCCC)C(CCCCCC)(CCCCCC)C(CCCCCC)(CCCCCC)C(CCCCCC)(CCCCCC)CCCCCC)C(CCCCCC)(CCCCCC)CCCCCC. The largest absolute Gasteiger partial charge is 0.466 e. The Morgan fingerprint density at radius 3 is 0.548 bits per heavy atom. The third-order valence-corrected chi connectivity index (χ3v) is 35.1. The third kappa shape index (κ3) is 45.6. The van der Waals surface area contributed by atoms with Crippen molar-refractivity contribution in [3.8, 4) is 0 Å². The molecule has 0 aliphatic carbocycles. The van der Waals surface area contributed by atoms with Gasteiger partial charge in [0.1, 0.15) is 0 Å². The van der Waals surface area contributed by atoms with Crippen molar-refractivity contribution < 1.29 is 9.53 Å². The van der Waals surface area contributed by atoms with E-state index in [0.717, 1.165) is 18.8 Å². The second kappa shape index (κ2) is 84.9. The molecule has 0 bridgehead atoms. The summed E-state index contributed by atoms with van der Waals surface area (Å²) < 4.78 is 7.74. The van der Waals surface area contributed by atoms with E-state index in [2.05, 4.69) is 132 Å². The maximum atomic E-state index is 18.9. The molecule has 2 atom stereocenters. The fourth-order valence-electron chi connectivity index (χ4n) is 28.3. The molecule has 0 aromatic heterocycles. The third-order valence-electron chi connectivity index (χ3n) is 35.1. The molecule has 0 aromatic rings. The Morgan fingerprint density at radius 1 is 0.167 bits per heavy atom. The van der Waals surface area contributed by atoms with Crippen molar-refractivity contribution in [1.29, 1.82) is 0 Å². The summed E-state index contributed by atoms with van der Waals surface area (Å²) in [5, 5.41) is 0. The van der Waals surface area contributed by atoms with Crippen LogP contribution >= 0.6 is 0 Å². The van der Waals surface area contributed by atoms with Gasteiger partial charge in [-0.3, -0.25) is 4.79 Å². The van der Waals surface area contributed by atoms with Gasteiger partial charge in [-0.05, 0) is 179 Å². The maximum absolute atomic E-state index is 18.9. The number of ether oxygens (including phenoxy) is 1. The molecule has 0 saturated carbocycles. The Morgan fingerprint density at radius 2 is 0.325 bits per heavy atom. The van der Waals surface area contributed by atoms with Crippen LogP contribution in [-0.4, -0.2) is 12.6 Å². The standard InChI is InChI=1S/C124H248O2/c1-20-39-57-75-95-115(117(97-77-58-40-21-2,98-78-59-41-22-3)99-79-60-42-23-4)96-76-94-104-119(116(125)126-38-19,103-83-64-46-27-8)121(107-86-67-49-30-11,108-87-68-50-31-12)123(111-90-71-53-34-15,112-91-72-54-35-16)124(113-92-73-55-36-17,114-93-74-56-37-18)122(109-88-69-51-32-13,110-89-70-52-33-14)120(105-84-65-47-28-9,106-85-66-48-29-10)118(100-80-61-43-24-5,101-81-62-44-25-6)102-82-63-45-26-7/h115H,20-114H2,1-19H3. The molecule has 0 rings (SSSR count). The molecule has 0 aromatic carbocycles. The van der Waals surface area contributed by atoms with Crippen LogP contribution in [-0.2, 0) is 9.53 Å². The summed E-state index contributed by atoms with van der Waals surface area (Å²) in [6.45, 7) is 48.4. The molecule has 0 radical (unpaired) electrons. The molecule has 126 heavy (non-hydrogen) atoms. The summed E-state index contributed by atoms with van der Waals surface area (Å²) in [6.07, 6.45) is 128. The average molecular weight is 1770 g/mol. The lowest BCUT2D eigenvalue weighted by molar-refractivity contribution is -0.293. The Bertz CT molecular complexity index is 2100. The Kier molecular flexibility index (Phi) is 84.6. The molecule has 0 saturated heterocycles. The van der Waals surface area contributed by atoms with E-state index in [4.69, 9.17) is 4.74 Å². The zero-order valence-corrected chi connectivity index (χ0v) is 92.1. The van der Waals surface area contributed by atoms with Gasteiger partial charge < -0.3 is 4.74 Å². The van der Waals surface area contributed by atoms with Gasteiger partial charge in [0.2, 0.25) is 0 Å². The minimum atomic E-state index is -0.602. The predicted octanol–water partition coefficient (Wildman–Crippen LogP) is 46.1. The highest BCUT2D eigenvalue weighted by molar-refractivity contribution is 5.78. The molecule has 2 heteroatoms. The molecule has 0 fully saturated rings. The minimum Gasteiger partial charge on any atom is -0.466 e. The van der Waals surface area contributed by atoms with Gasteiger partial charge in [-0.2, -0.15) is 0 Å². The molecular weight excluding hydrogens is 1520 g/mol. The lowest BCUT2D eigenvalue weighted by Gasteiger charge is -2.77. The molecule has 0 heterocycles. The first-order valence-corrected chi connectivity index (χ1v) is 60.9. The van der Waals surface area contributed by atoms with E-state index >= 15 is 4.79 Å². The number of hydrogen-bond donors (Lipinski definition) is 0. The summed E-state index contributed by atoms with van der Waals surface area (Å²) in [5.74, 6) is 1.12. The Balaban J connectivity index is 12.9. The smallest absolute Gasteiger partial charge is 0.312 e. The Hall–Kier alpha value is -0.530. The maximum Gasteiger partial charge on any atom is 0.312 e. The molecule has 756 valence electrons. The van der Waals surface area contributed by atoms with Gasteiger partial charge in [0.05, 0.1) is 12.0 Å². The molecule has 0 N–H and O–H groups in total. The molecule has 0 aliphatic heterocycles. The number of rotatable bonds is 104. The van der Waals surface area contributed by atoms with Crippen LogP contribution in [0, 0.1) is 49.2 Å². The summed E-state index contributed by atoms with van der Waals surface area (Å²) in [6, 6.07) is 0. The van der Waals surface area contributed by atoms with E-state index in [1.165, 1.54) is 591 Å². The van der Waals surface area contributed by atoms with Crippen LogP contribution in [0.5, 0.6) is 0 Å². The topological polar surface area (TPSA) is 26.3 Å². The molecule has 2 unspecified atom stereocenters. The van der Waals surface area contributed by atoms with Crippen LogP contribution in [0.15, 0.2) is 0 Å². The lowest BCUT2D eigenvalue weighted by Crippen LogP contribution is -2.71. The van der Waals surface area contributed by atoms with Gasteiger partial charge in [-0.15, -0.1) is 0 Å². The molecule has 0 amide bonds. The quantitative estimate of drug-likeness (QED) is 0.0448. The number of hydrogen-bond acceptors (Lipinski definition) is 2. The first kappa shape index (κ1) is 125. The molecule has 0 spiro atoms. The van der Waals surface area contributed by atoms with E-state index in [1.807, 2.05) is 0 Å². The van der Waals surface area contributed by atoms with Gasteiger partial charge in [0.15, 0.2) is 0 Å². The molecular formula is C124H248O2. The van der Waals surface area contributed by atoms with Crippen LogP contribution in [0.25, 0.3) is 0 Å². The van der Waals surface area contributed by atoms with Crippen molar-refractivity contribution >= 4 is 5.97 Å². The van der Waals surface area contributed by atoms with E-state index in [-0.39, 0.29) is 32.5 Å². The summed E-state index contributed by atoms with van der Waals surface area (Å²) in [4.78, 5) is 18.9. The van der Waals surface area contributed by atoms with Crippen molar-refractivity contribution in [2.45, 2.75) is 735 Å². The van der Waals surface area contributed by atoms with Crippen molar-refractivity contribution in [3.05, 3.63) is 0 Å². The normalized spacial score (nSPS) is 13.6. The van der Waals surface area contributed by atoms with Crippen molar-refractivity contribution in [1.82, 2.24) is 0 Å². The van der Waals surface area contributed by atoms with Gasteiger partial charge in [0, 0.05) is 0 Å². The average Bonchev–Trinajstić information content (AvgIpc) is 0.658. The molecule has 0 aliphatic rings. The predicted molar refractivity (Wildman–Crippen MR) is 576 cm³/mol. The fraction of sp³-hybridized carbons (Fsp3) is 0.992. The first-order chi connectivity index (χ1) is 61.7. The van der Waals surface area contributed by atoms with Gasteiger partial charge in [-0.25, -0.2) is 0 Å². The highest BCUT2D eigenvalue weighted by atomic mass is 16.5. The molecule has 2 nitrogen and oxygen atoms in total. The second-order valence-corrected chi connectivity index (χ2v) is 44.4. The monoisotopic (exact) mass is 1770 g/mol. The highest BCUT2D eigenvalue weighted by Crippen LogP contribution is 2.83. The van der Waals surface area contributed by atoms with Crippen molar-refractivity contribution in [2.75, 3.05) is 6.61 Å². The van der Waals surface area contributed by atoms with Crippen molar-refractivity contribution in [3.63, 3.8) is 0 Å². The van der Waals surface area contributed by atoms with Crippen LogP contribution < -0.4 is 0 Å². The lowest BCUT2D eigenvalue weighted by atomic mass is 9.26. The van der Waals surface area contributed by atoms with Gasteiger partial charge >= 0.3 is 5.97 Å². The van der Waals surface area contributed by atoms with E-state index in [0.29, 0.717) is 18.0 Å². The van der Waals surface area contributed by atoms with E-state index in [1.54, 1.807) is 0 Å². The summed E-state index contributed by atoms with van der Waals surface area (Å²) in [5.41, 5.74) is -0.115. The highest BCUT2D eigenvalue weighted by Gasteiger charge is 2.77. The van der Waals surface area contributed by atoms with Crippen molar-refractivity contribution in [2.24, 2.45) is 49.2 Å². The number of unbranched alkanes of at least 4 members (excludes halogenated alkanes) is 55. The number of esters is 1. The zero-order valence-electron chi connectivity index (χ0n) is 92.1. The summed E-state index contributed by atoms with van der Waals surface area (Å²) in [7, 11) is 0. The van der Waals surface area contributed by atoms with Crippen LogP contribution in [0.2, 0.25) is 0 Å². The van der Waals surface area contributed by atoms with Crippen LogP contribution in [0.3, 0.4) is 0 Å². The van der Waals surface area contributed by atoms with Gasteiger partial charge in [0.25, 0.3) is 0 Å². The van der Waals surface area contributed by atoms with Crippen LogP contribution in [0.4, 0.5) is 0 Å². The van der Waals surface area contributed by atoms with Crippen LogP contribution in [0.1, 0.15) is 735 Å². The Labute approximate surface area is 801 Å². The van der Waals surface area contributed by atoms with E-state index in [9.17, 15) is 0 Å².